The number of carbonyl (C=O) groups is 2. The van der Waals surface area contributed by atoms with Crippen LogP contribution < -0.4 is 10.2 Å². The molecule has 0 atom stereocenters. The maximum Gasteiger partial charge on any atom is 0.251 e. The number of amides is 2. The average Bonchev–Trinajstić information content (AvgIpc) is 2.91. The number of benzene rings is 4. The van der Waals surface area contributed by atoms with Gasteiger partial charge in [-0.2, -0.15) is 0 Å². The first-order valence-corrected chi connectivity index (χ1v) is 11.7. The molecule has 0 aliphatic rings. The van der Waals surface area contributed by atoms with Gasteiger partial charge in [0.2, 0.25) is 5.91 Å². The lowest BCUT2D eigenvalue weighted by molar-refractivity contribution is -0.120. The van der Waals surface area contributed by atoms with Crippen molar-refractivity contribution in [3.05, 3.63) is 144 Å². The van der Waals surface area contributed by atoms with Gasteiger partial charge in [-0.15, -0.1) is 0 Å². The second-order valence-corrected chi connectivity index (χ2v) is 8.26. The minimum atomic E-state index is -0.122. The Hall–Kier alpha value is -4.44. The van der Waals surface area contributed by atoms with E-state index in [0.717, 1.165) is 27.9 Å². The Balaban J connectivity index is 1.50. The summed E-state index contributed by atoms with van der Waals surface area (Å²) < 4.78 is 0. The van der Waals surface area contributed by atoms with Gasteiger partial charge in [0.05, 0.1) is 13.0 Å². The lowest BCUT2D eigenvalue weighted by Gasteiger charge is -2.22. The van der Waals surface area contributed by atoms with Crippen LogP contribution in [0.4, 0.5) is 5.69 Å². The van der Waals surface area contributed by atoms with Gasteiger partial charge in [0, 0.05) is 18.3 Å². The summed E-state index contributed by atoms with van der Waals surface area (Å²) in [5, 5.41) is 2.97. The zero-order valence-electron chi connectivity index (χ0n) is 19.5. The van der Waals surface area contributed by atoms with E-state index in [0.29, 0.717) is 13.1 Å². The summed E-state index contributed by atoms with van der Waals surface area (Å²) >= 11 is 0. The predicted octanol–water partition coefficient (Wildman–Crippen LogP) is 5.79. The van der Waals surface area contributed by atoms with Crippen molar-refractivity contribution >= 4 is 23.6 Å². The summed E-state index contributed by atoms with van der Waals surface area (Å²) in [5.41, 5.74) is 4.65. The highest BCUT2D eigenvalue weighted by atomic mass is 16.2. The monoisotopic (exact) mass is 460 g/mol. The SMILES string of the molecule is O=C(Cc1cccc(N(Cc2ccccc2)C(=O)/C=C/c2ccccc2)c1)NCc1ccccc1. The van der Waals surface area contributed by atoms with E-state index in [9.17, 15) is 9.59 Å². The molecule has 0 aromatic heterocycles. The summed E-state index contributed by atoms with van der Waals surface area (Å²) in [4.78, 5) is 27.6. The molecule has 2 amide bonds. The van der Waals surface area contributed by atoms with Gasteiger partial charge in [-0.3, -0.25) is 9.59 Å². The fourth-order valence-corrected chi connectivity index (χ4v) is 3.76. The van der Waals surface area contributed by atoms with Crippen LogP contribution in [-0.4, -0.2) is 11.8 Å². The minimum Gasteiger partial charge on any atom is -0.352 e. The van der Waals surface area contributed by atoms with E-state index in [-0.39, 0.29) is 18.2 Å². The van der Waals surface area contributed by atoms with E-state index in [2.05, 4.69) is 5.32 Å². The van der Waals surface area contributed by atoms with Crippen molar-refractivity contribution in [3.63, 3.8) is 0 Å². The van der Waals surface area contributed by atoms with Crippen molar-refractivity contribution in [2.24, 2.45) is 0 Å². The number of anilines is 1. The molecule has 0 fully saturated rings. The Morgan fingerprint density at radius 1 is 0.686 bits per heavy atom. The van der Waals surface area contributed by atoms with Crippen LogP contribution in [0.15, 0.2) is 121 Å². The number of hydrogen-bond acceptors (Lipinski definition) is 2. The summed E-state index contributed by atoms with van der Waals surface area (Å²) in [6.45, 7) is 0.921. The van der Waals surface area contributed by atoms with E-state index in [1.165, 1.54) is 0 Å². The fourth-order valence-electron chi connectivity index (χ4n) is 3.76. The van der Waals surface area contributed by atoms with E-state index in [1.54, 1.807) is 11.0 Å². The predicted molar refractivity (Wildman–Crippen MR) is 142 cm³/mol. The third kappa shape index (κ3) is 7.27. The summed E-state index contributed by atoms with van der Waals surface area (Å²) in [5.74, 6) is -0.181. The maximum absolute atomic E-state index is 13.3. The van der Waals surface area contributed by atoms with Crippen LogP contribution in [0.25, 0.3) is 6.08 Å². The third-order valence-corrected chi connectivity index (χ3v) is 5.59. The van der Waals surface area contributed by atoms with Crippen LogP contribution in [-0.2, 0) is 29.1 Å². The molecular weight excluding hydrogens is 432 g/mol. The van der Waals surface area contributed by atoms with Crippen molar-refractivity contribution in [2.45, 2.75) is 19.5 Å². The van der Waals surface area contributed by atoms with Crippen molar-refractivity contribution in [3.8, 4) is 0 Å². The molecule has 4 rings (SSSR count). The zero-order valence-corrected chi connectivity index (χ0v) is 19.5. The largest absolute Gasteiger partial charge is 0.352 e. The Morgan fingerprint density at radius 3 is 1.97 bits per heavy atom. The summed E-state index contributed by atoms with van der Waals surface area (Å²) in [6, 6.07) is 37.1. The molecule has 4 heteroatoms. The number of carbonyl (C=O) groups excluding carboxylic acids is 2. The highest BCUT2D eigenvalue weighted by molar-refractivity contribution is 6.03. The summed E-state index contributed by atoms with van der Waals surface area (Å²) in [7, 11) is 0. The zero-order chi connectivity index (χ0) is 24.3. The molecule has 0 saturated heterocycles. The Kier molecular flexibility index (Phi) is 8.23. The van der Waals surface area contributed by atoms with Crippen LogP contribution in [0.1, 0.15) is 22.3 Å². The molecule has 0 saturated carbocycles. The molecule has 174 valence electrons. The standard InChI is InChI=1S/C31H28N2O2/c34-30(32-23-26-13-6-2-7-14-26)22-28-17-10-18-29(21-28)33(24-27-15-8-3-9-16-27)31(35)20-19-25-11-4-1-5-12-25/h1-21H,22-24H2,(H,32,34)/b20-19+. The molecule has 0 heterocycles. The Labute approximate surface area is 206 Å². The molecule has 4 aromatic carbocycles. The first-order chi connectivity index (χ1) is 17.2. The van der Waals surface area contributed by atoms with Crippen molar-refractivity contribution in [1.29, 1.82) is 0 Å². The van der Waals surface area contributed by atoms with Gasteiger partial charge in [0.1, 0.15) is 0 Å². The molecule has 0 unspecified atom stereocenters. The first-order valence-electron chi connectivity index (χ1n) is 11.7. The van der Waals surface area contributed by atoms with Crippen LogP contribution in [0.5, 0.6) is 0 Å². The molecule has 0 aliphatic heterocycles. The van der Waals surface area contributed by atoms with E-state index >= 15 is 0 Å². The number of hydrogen-bond donors (Lipinski definition) is 1. The van der Waals surface area contributed by atoms with E-state index in [1.807, 2.05) is 121 Å². The lowest BCUT2D eigenvalue weighted by Crippen LogP contribution is -2.29. The summed E-state index contributed by atoms with van der Waals surface area (Å²) in [6.07, 6.45) is 3.66. The van der Waals surface area contributed by atoms with Gasteiger partial charge in [0.15, 0.2) is 0 Å². The van der Waals surface area contributed by atoms with Crippen molar-refractivity contribution in [2.75, 3.05) is 4.90 Å². The minimum absolute atomic E-state index is 0.0593. The number of nitrogens with one attached hydrogen (secondary N) is 1. The maximum atomic E-state index is 13.3. The van der Waals surface area contributed by atoms with Crippen molar-refractivity contribution in [1.82, 2.24) is 5.32 Å². The molecule has 0 aliphatic carbocycles. The average molecular weight is 461 g/mol. The molecule has 1 N–H and O–H groups in total. The second kappa shape index (κ2) is 12.1. The van der Waals surface area contributed by atoms with Gasteiger partial charge in [0.25, 0.3) is 5.91 Å². The van der Waals surface area contributed by atoms with Crippen LogP contribution >= 0.6 is 0 Å². The van der Waals surface area contributed by atoms with Crippen molar-refractivity contribution < 1.29 is 9.59 Å². The number of rotatable bonds is 9. The smallest absolute Gasteiger partial charge is 0.251 e. The second-order valence-electron chi connectivity index (χ2n) is 8.26. The van der Waals surface area contributed by atoms with Gasteiger partial charge in [-0.1, -0.05) is 103 Å². The molecule has 4 nitrogen and oxygen atoms in total. The molecular formula is C31H28N2O2. The van der Waals surface area contributed by atoms with Gasteiger partial charge in [-0.25, -0.2) is 0 Å². The van der Waals surface area contributed by atoms with E-state index in [4.69, 9.17) is 0 Å². The van der Waals surface area contributed by atoms with Gasteiger partial charge in [-0.05, 0) is 40.5 Å². The Bertz CT molecular complexity index is 1270. The highest BCUT2D eigenvalue weighted by Gasteiger charge is 2.15. The van der Waals surface area contributed by atoms with Gasteiger partial charge >= 0.3 is 0 Å². The molecule has 4 aromatic rings. The Morgan fingerprint density at radius 2 is 1.29 bits per heavy atom. The normalized spacial score (nSPS) is 10.7. The molecule has 0 spiro atoms. The van der Waals surface area contributed by atoms with Crippen LogP contribution in [0, 0.1) is 0 Å². The van der Waals surface area contributed by atoms with E-state index < -0.39 is 0 Å². The van der Waals surface area contributed by atoms with Crippen LogP contribution in [0.3, 0.4) is 0 Å². The molecule has 0 bridgehead atoms. The third-order valence-electron chi connectivity index (χ3n) is 5.59. The highest BCUT2D eigenvalue weighted by Crippen LogP contribution is 2.21. The fraction of sp³-hybridized carbons (Fsp3) is 0.0968. The van der Waals surface area contributed by atoms with Crippen LogP contribution in [0.2, 0.25) is 0 Å². The number of nitrogens with zero attached hydrogens (tertiary/aromatic N) is 1. The quantitative estimate of drug-likeness (QED) is 0.321. The van der Waals surface area contributed by atoms with Gasteiger partial charge < -0.3 is 10.2 Å². The molecule has 35 heavy (non-hydrogen) atoms. The lowest BCUT2D eigenvalue weighted by atomic mass is 10.1. The first kappa shape index (κ1) is 23.7. The topological polar surface area (TPSA) is 49.4 Å². The molecule has 0 radical (unpaired) electrons.